The summed E-state index contributed by atoms with van der Waals surface area (Å²) in [5, 5.41) is 12.1. The average Bonchev–Trinajstić information content (AvgIpc) is 2.92. The third-order valence-electron chi connectivity index (χ3n) is 3.78. The average molecular weight is 419 g/mol. The van der Waals surface area contributed by atoms with Crippen LogP contribution in [0.25, 0.3) is 6.08 Å². The summed E-state index contributed by atoms with van der Waals surface area (Å²) in [4.78, 5) is 47.3. The van der Waals surface area contributed by atoms with Crippen molar-refractivity contribution in [3.05, 3.63) is 74.7 Å². The third kappa shape index (κ3) is 4.63. The van der Waals surface area contributed by atoms with Gasteiger partial charge in [0.15, 0.2) is 0 Å². The summed E-state index contributed by atoms with van der Waals surface area (Å²) in [6.45, 7) is -0.654. The zero-order chi connectivity index (χ0) is 21.1. The van der Waals surface area contributed by atoms with E-state index in [-0.39, 0.29) is 16.3 Å². The lowest BCUT2D eigenvalue weighted by atomic mass is 10.2. The van der Waals surface area contributed by atoms with Crippen LogP contribution in [-0.4, -0.2) is 33.4 Å². The highest BCUT2D eigenvalue weighted by Gasteiger charge is 2.36. The van der Waals surface area contributed by atoms with E-state index in [1.807, 2.05) is 0 Å². The maximum absolute atomic E-state index is 13.6. The van der Waals surface area contributed by atoms with E-state index >= 15 is 0 Å². The summed E-state index contributed by atoms with van der Waals surface area (Å²) in [6, 6.07) is 7.88. The summed E-state index contributed by atoms with van der Waals surface area (Å²) >= 11 is 0.602. The molecule has 1 aliphatic rings. The van der Waals surface area contributed by atoms with Crippen LogP contribution in [0.15, 0.2) is 47.4 Å². The molecule has 0 radical (unpaired) electrons. The predicted molar refractivity (Wildman–Crippen MR) is 101 cm³/mol. The van der Waals surface area contributed by atoms with E-state index in [0.29, 0.717) is 28.3 Å². The Balaban J connectivity index is 1.69. The highest BCUT2D eigenvalue weighted by Crippen LogP contribution is 2.32. The van der Waals surface area contributed by atoms with Gasteiger partial charge >= 0.3 is 0 Å². The fraction of sp³-hybridized carbons (Fsp3) is 0.0556. The number of halogens is 2. The largest absolute Gasteiger partial charge is 0.322 e. The second-order valence-electron chi connectivity index (χ2n) is 5.79. The first kappa shape index (κ1) is 20.1. The van der Waals surface area contributed by atoms with Crippen LogP contribution in [0.3, 0.4) is 0 Å². The van der Waals surface area contributed by atoms with E-state index in [1.165, 1.54) is 30.3 Å². The Morgan fingerprint density at radius 1 is 1.17 bits per heavy atom. The van der Waals surface area contributed by atoms with E-state index in [0.717, 1.165) is 12.1 Å². The molecule has 1 aliphatic heterocycles. The van der Waals surface area contributed by atoms with Gasteiger partial charge in [0.2, 0.25) is 5.91 Å². The van der Waals surface area contributed by atoms with E-state index in [9.17, 15) is 33.3 Å². The molecule has 11 heteroatoms. The smallest absolute Gasteiger partial charge is 0.294 e. The standard InChI is InChI=1S/C18H11F2N3O5S/c19-11-3-6-14(13(20)8-11)21-16(24)9-22-17(25)15(29-18(22)26)7-10-1-4-12(5-2-10)23(27)28/h1-8H,9H2,(H,21,24). The minimum absolute atomic E-state index is 0.0321. The Hall–Kier alpha value is -3.60. The molecular weight excluding hydrogens is 408 g/mol. The van der Waals surface area contributed by atoms with Crippen LogP contribution in [-0.2, 0) is 9.59 Å². The van der Waals surface area contributed by atoms with Gasteiger partial charge in [-0.25, -0.2) is 8.78 Å². The molecule has 1 fully saturated rings. The number of nitrogens with one attached hydrogen (secondary N) is 1. The number of carbonyl (C=O) groups is 3. The van der Waals surface area contributed by atoms with Gasteiger partial charge in [0.1, 0.15) is 18.2 Å². The first-order chi connectivity index (χ1) is 13.7. The van der Waals surface area contributed by atoms with Crippen LogP contribution in [0.4, 0.5) is 25.0 Å². The number of hydrogen-bond donors (Lipinski definition) is 1. The summed E-state index contributed by atoms with van der Waals surface area (Å²) < 4.78 is 26.5. The van der Waals surface area contributed by atoms with Crippen molar-refractivity contribution in [2.75, 3.05) is 11.9 Å². The molecule has 0 bridgehead atoms. The summed E-state index contributed by atoms with van der Waals surface area (Å²) in [6.07, 6.45) is 1.37. The Morgan fingerprint density at radius 3 is 2.48 bits per heavy atom. The number of nitro groups is 1. The van der Waals surface area contributed by atoms with Gasteiger partial charge in [0.05, 0.1) is 15.5 Å². The molecule has 1 N–H and O–H groups in total. The lowest BCUT2D eigenvalue weighted by molar-refractivity contribution is -0.384. The number of anilines is 1. The van der Waals surface area contributed by atoms with Crippen LogP contribution in [0.2, 0.25) is 0 Å². The molecule has 1 saturated heterocycles. The molecule has 1 heterocycles. The van der Waals surface area contributed by atoms with E-state index in [1.54, 1.807) is 0 Å². The normalized spacial score (nSPS) is 15.1. The van der Waals surface area contributed by atoms with Crippen molar-refractivity contribution in [3.63, 3.8) is 0 Å². The molecular formula is C18H11F2N3O5S. The van der Waals surface area contributed by atoms with Crippen molar-refractivity contribution in [1.29, 1.82) is 0 Å². The fourth-order valence-electron chi connectivity index (χ4n) is 2.40. The van der Waals surface area contributed by atoms with Crippen molar-refractivity contribution >= 4 is 46.3 Å². The summed E-state index contributed by atoms with van der Waals surface area (Å²) in [5.74, 6) is -3.38. The first-order valence-corrected chi connectivity index (χ1v) is 8.81. The molecule has 2 aromatic carbocycles. The summed E-state index contributed by atoms with van der Waals surface area (Å²) in [7, 11) is 0. The Kier molecular flexibility index (Phi) is 5.69. The first-order valence-electron chi connectivity index (χ1n) is 7.99. The quantitative estimate of drug-likeness (QED) is 0.451. The van der Waals surface area contributed by atoms with Crippen molar-refractivity contribution in [2.45, 2.75) is 0 Å². The van der Waals surface area contributed by atoms with Crippen molar-refractivity contribution < 1.29 is 28.1 Å². The van der Waals surface area contributed by atoms with E-state index in [2.05, 4.69) is 5.32 Å². The predicted octanol–water partition coefficient (Wildman–Crippen LogP) is 3.55. The van der Waals surface area contributed by atoms with Crippen LogP contribution in [0, 0.1) is 21.7 Å². The molecule has 3 rings (SSSR count). The minimum Gasteiger partial charge on any atom is -0.322 e. The highest BCUT2D eigenvalue weighted by atomic mass is 32.2. The Morgan fingerprint density at radius 2 is 1.86 bits per heavy atom. The maximum Gasteiger partial charge on any atom is 0.294 e. The topological polar surface area (TPSA) is 110 Å². The number of thioether (sulfide) groups is 1. The number of nitrogens with zero attached hydrogens (tertiary/aromatic N) is 2. The van der Waals surface area contributed by atoms with Crippen LogP contribution in [0.1, 0.15) is 5.56 Å². The molecule has 0 saturated carbocycles. The molecule has 8 nitrogen and oxygen atoms in total. The van der Waals surface area contributed by atoms with Crippen LogP contribution in [0.5, 0.6) is 0 Å². The fourth-order valence-corrected chi connectivity index (χ4v) is 3.24. The SMILES string of the molecule is O=C(CN1C(=O)SC(=Cc2ccc([N+](=O)[O-])cc2)C1=O)Nc1ccc(F)cc1F. The summed E-state index contributed by atoms with van der Waals surface area (Å²) in [5.41, 5.74) is 0.0451. The molecule has 0 atom stereocenters. The van der Waals surface area contributed by atoms with Crippen LogP contribution < -0.4 is 5.32 Å². The van der Waals surface area contributed by atoms with Gasteiger partial charge in [-0.2, -0.15) is 0 Å². The monoisotopic (exact) mass is 419 g/mol. The molecule has 0 unspecified atom stereocenters. The van der Waals surface area contributed by atoms with Gasteiger partial charge in [-0.1, -0.05) is 0 Å². The number of rotatable bonds is 5. The van der Waals surface area contributed by atoms with Crippen molar-refractivity contribution in [2.24, 2.45) is 0 Å². The molecule has 0 aromatic heterocycles. The maximum atomic E-state index is 13.6. The van der Waals surface area contributed by atoms with Gasteiger partial charge in [-0.15, -0.1) is 0 Å². The number of imide groups is 1. The van der Waals surface area contributed by atoms with Gasteiger partial charge < -0.3 is 5.32 Å². The lowest BCUT2D eigenvalue weighted by Gasteiger charge is -2.12. The third-order valence-corrected chi connectivity index (χ3v) is 4.69. The Labute approximate surface area is 166 Å². The number of carbonyl (C=O) groups excluding carboxylic acids is 3. The molecule has 29 heavy (non-hydrogen) atoms. The molecule has 0 aliphatic carbocycles. The minimum atomic E-state index is -0.995. The number of nitro benzene ring substituents is 1. The molecule has 0 spiro atoms. The zero-order valence-corrected chi connectivity index (χ0v) is 15.2. The second-order valence-corrected chi connectivity index (χ2v) is 6.78. The van der Waals surface area contributed by atoms with Gasteiger partial charge in [0.25, 0.3) is 16.8 Å². The molecule has 148 valence electrons. The van der Waals surface area contributed by atoms with Gasteiger partial charge in [-0.05, 0) is 47.7 Å². The van der Waals surface area contributed by atoms with E-state index < -0.39 is 40.2 Å². The van der Waals surface area contributed by atoms with Crippen molar-refractivity contribution in [1.82, 2.24) is 4.90 Å². The second kappa shape index (κ2) is 8.19. The van der Waals surface area contributed by atoms with Gasteiger partial charge in [0, 0.05) is 18.2 Å². The van der Waals surface area contributed by atoms with Crippen LogP contribution >= 0.6 is 11.8 Å². The number of amides is 3. The lowest BCUT2D eigenvalue weighted by Crippen LogP contribution is -2.36. The van der Waals surface area contributed by atoms with E-state index in [4.69, 9.17) is 0 Å². The number of non-ortho nitro benzene ring substituents is 1. The Bertz CT molecular complexity index is 1060. The van der Waals surface area contributed by atoms with Crippen molar-refractivity contribution in [3.8, 4) is 0 Å². The van der Waals surface area contributed by atoms with Gasteiger partial charge in [-0.3, -0.25) is 29.4 Å². The number of hydrogen-bond acceptors (Lipinski definition) is 6. The zero-order valence-electron chi connectivity index (χ0n) is 14.4. The highest BCUT2D eigenvalue weighted by molar-refractivity contribution is 8.18. The molecule has 3 amide bonds. The number of benzene rings is 2. The molecule has 2 aromatic rings.